The van der Waals surface area contributed by atoms with Gasteiger partial charge in [0.25, 0.3) is 0 Å². The Balaban J connectivity index is 1.98. The molecule has 0 amide bonds. The molecule has 7 nitrogen and oxygen atoms in total. The van der Waals surface area contributed by atoms with Gasteiger partial charge in [0.1, 0.15) is 6.54 Å². The standard InChI is InChI=1S/C12H18N6O/c1-3-9-4-11(17(2)15-9)5-12(19)8-18-7-10(6-13)14-16-18/h4,7H,3,5-6,8,13H2,1-2H3. The van der Waals surface area contributed by atoms with E-state index in [-0.39, 0.29) is 12.3 Å². The van der Waals surface area contributed by atoms with Crippen LogP contribution >= 0.6 is 0 Å². The molecule has 0 saturated carbocycles. The van der Waals surface area contributed by atoms with E-state index in [1.807, 2.05) is 20.0 Å². The van der Waals surface area contributed by atoms with Gasteiger partial charge in [0.05, 0.1) is 24.0 Å². The number of carbonyl (C=O) groups excluding carboxylic acids is 1. The maximum atomic E-state index is 12.0. The highest BCUT2D eigenvalue weighted by Crippen LogP contribution is 2.06. The second kappa shape index (κ2) is 5.75. The molecule has 0 aliphatic heterocycles. The Morgan fingerprint density at radius 2 is 2.21 bits per heavy atom. The summed E-state index contributed by atoms with van der Waals surface area (Å²) < 4.78 is 3.27. The lowest BCUT2D eigenvalue weighted by Crippen LogP contribution is -2.15. The van der Waals surface area contributed by atoms with Gasteiger partial charge in [-0.05, 0) is 12.5 Å². The van der Waals surface area contributed by atoms with Gasteiger partial charge in [-0.1, -0.05) is 12.1 Å². The molecule has 7 heteroatoms. The topological polar surface area (TPSA) is 91.6 Å². The van der Waals surface area contributed by atoms with Gasteiger partial charge in [0, 0.05) is 19.3 Å². The van der Waals surface area contributed by atoms with Crippen LogP contribution in [-0.4, -0.2) is 30.6 Å². The second-order valence-corrected chi connectivity index (χ2v) is 4.43. The number of ketones is 1. The van der Waals surface area contributed by atoms with E-state index in [9.17, 15) is 4.79 Å². The van der Waals surface area contributed by atoms with Gasteiger partial charge >= 0.3 is 0 Å². The molecule has 0 aromatic carbocycles. The van der Waals surface area contributed by atoms with Crippen molar-refractivity contribution in [2.75, 3.05) is 0 Å². The Morgan fingerprint density at radius 1 is 1.42 bits per heavy atom. The van der Waals surface area contributed by atoms with Gasteiger partial charge in [-0.3, -0.25) is 9.48 Å². The van der Waals surface area contributed by atoms with E-state index >= 15 is 0 Å². The number of nitrogens with zero attached hydrogens (tertiary/aromatic N) is 5. The van der Waals surface area contributed by atoms with E-state index in [0.717, 1.165) is 17.8 Å². The monoisotopic (exact) mass is 262 g/mol. The summed E-state index contributed by atoms with van der Waals surface area (Å²) in [6, 6.07) is 1.96. The molecule has 0 saturated heterocycles. The fourth-order valence-electron chi connectivity index (χ4n) is 1.86. The van der Waals surface area contributed by atoms with Gasteiger partial charge in [-0.25, -0.2) is 4.68 Å². The number of aryl methyl sites for hydroxylation is 2. The van der Waals surface area contributed by atoms with Crippen LogP contribution in [0.3, 0.4) is 0 Å². The largest absolute Gasteiger partial charge is 0.325 e. The minimum Gasteiger partial charge on any atom is -0.325 e. The van der Waals surface area contributed by atoms with Crippen LogP contribution in [0.5, 0.6) is 0 Å². The van der Waals surface area contributed by atoms with Crippen molar-refractivity contribution in [1.82, 2.24) is 24.8 Å². The number of rotatable bonds is 6. The molecule has 0 unspecified atom stereocenters. The molecule has 0 radical (unpaired) electrons. The third-order valence-electron chi connectivity index (χ3n) is 2.90. The summed E-state index contributed by atoms with van der Waals surface area (Å²) >= 11 is 0. The van der Waals surface area contributed by atoms with Crippen LogP contribution < -0.4 is 5.73 Å². The zero-order valence-corrected chi connectivity index (χ0v) is 11.2. The van der Waals surface area contributed by atoms with Crippen molar-refractivity contribution in [3.05, 3.63) is 29.3 Å². The maximum absolute atomic E-state index is 12.0. The molecule has 0 aliphatic carbocycles. The third-order valence-corrected chi connectivity index (χ3v) is 2.90. The Hall–Kier alpha value is -2.02. The summed E-state index contributed by atoms with van der Waals surface area (Å²) in [4.78, 5) is 12.0. The van der Waals surface area contributed by atoms with E-state index in [1.165, 1.54) is 4.68 Å². The Kier molecular flexibility index (Phi) is 4.06. The number of carbonyl (C=O) groups is 1. The molecule has 0 atom stereocenters. The Labute approximate surface area is 111 Å². The van der Waals surface area contributed by atoms with Crippen molar-refractivity contribution in [2.24, 2.45) is 12.8 Å². The molecule has 2 heterocycles. The van der Waals surface area contributed by atoms with Crippen molar-refractivity contribution >= 4 is 5.78 Å². The summed E-state index contributed by atoms with van der Waals surface area (Å²) in [6.45, 7) is 2.58. The van der Waals surface area contributed by atoms with Crippen LogP contribution in [-0.2, 0) is 37.8 Å². The lowest BCUT2D eigenvalue weighted by molar-refractivity contribution is -0.119. The van der Waals surface area contributed by atoms with E-state index in [2.05, 4.69) is 15.4 Å². The zero-order valence-electron chi connectivity index (χ0n) is 11.2. The molecule has 0 spiro atoms. The number of aromatic nitrogens is 5. The van der Waals surface area contributed by atoms with Gasteiger partial charge in [-0.15, -0.1) is 5.10 Å². The second-order valence-electron chi connectivity index (χ2n) is 4.43. The quantitative estimate of drug-likeness (QED) is 0.781. The lowest BCUT2D eigenvalue weighted by Gasteiger charge is -2.01. The SMILES string of the molecule is CCc1cc(CC(=O)Cn2cc(CN)nn2)n(C)n1. The molecule has 102 valence electrons. The van der Waals surface area contributed by atoms with Crippen LogP contribution in [0.15, 0.2) is 12.3 Å². The molecule has 2 N–H and O–H groups in total. The minimum atomic E-state index is 0.0686. The average Bonchev–Trinajstić information content (AvgIpc) is 2.97. The molecule has 2 rings (SSSR count). The van der Waals surface area contributed by atoms with Gasteiger partial charge < -0.3 is 5.73 Å². The predicted octanol–water partition coefficient (Wildman–Crippen LogP) is -0.155. The van der Waals surface area contributed by atoms with Crippen LogP contribution in [0.4, 0.5) is 0 Å². The number of hydrogen-bond donors (Lipinski definition) is 1. The molecular formula is C12H18N6O. The first-order valence-electron chi connectivity index (χ1n) is 6.25. The predicted molar refractivity (Wildman–Crippen MR) is 69.2 cm³/mol. The average molecular weight is 262 g/mol. The van der Waals surface area contributed by atoms with E-state index in [4.69, 9.17) is 5.73 Å². The van der Waals surface area contributed by atoms with E-state index in [0.29, 0.717) is 18.7 Å². The molecule has 0 bridgehead atoms. The van der Waals surface area contributed by atoms with Gasteiger partial charge in [-0.2, -0.15) is 5.10 Å². The minimum absolute atomic E-state index is 0.0686. The van der Waals surface area contributed by atoms with Crippen molar-refractivity contribution in [3.63, 3.8) is 0 Å². The number of hydrogen-bond acceptors (Lipinski definition) is 5. The molecular weight excluding hydrogens is 244 g/mol. The van der Waals surface area contributed by atoms with Gasteiger partial charge in [0.15, 0.2) is 5.78 Å². The maximum Gasteiger partial charge on any atom is 0.160 e. The summed E-state index contributed by atoms with van der Waals surface area (Å²) in [5, 5.41) is 12.0. The summed E-state index contributed by atoms with van der Waals surface area (Å²) in [6.07, 6.45) is 2.91. The van der Waals surface area contributed by atoms with E-state index < -0.39 is 0 Å². The fraction of sp³-hybridized carbons (Fsp3) is 0.500. The van der Waals surface area contributed by atoms with Gasteiger partial charge in [0.2, 0.25) is 0 Å². The van der Waals surface area contributed by atoms with Crippen molar-refractivity contribution in [2.45, 2.75) is 32.9 Å². The molecule has 19 heavy (non-hydrogen) atoms. The molecule has 0 fully saturated rings. The van der Waals surface area contributed by atoms with Crippen molar-refractivity contribution in [1.29, 1.82) is 0 Å². The number of nitrogens with two attached hydrogens (primary N) is 1. The molecule has 2 aromatic heterocycles. The Morgan fingerprint density at radius 3 is 2.79 bits per heavy atom. The smallest absolute Gasteiger partial charge is 0.160 e. The summed E-state index contributed by atoms with van der Waals surface area (Å²) in [7, 11) is 1.85. The first-order chi connectivity index (χ1) is 9.12. The van der Waals surface area contributed by atoms with Crippen molar-refractivity contribution in [3.8, 4) is 0 Å². The van der Waals surface area contributed by atoms with Crippen LogP contribution in [0, 0.1) is 0 Å². The Bertz CT molecular complexity index is 571. The first-order valence-corrected chi connectivity index (χ1v) is 6.25. The summed E-state index contributed by atoms with van der Waals surface area (Å²) in [5.74, 6) is 0.0686. The molecule has 2 aromatic rings. The lowest BCUT2D eigenvalue weighted by atomic mass is 10.2. The first kappa shape index (κ1) is 13.4. The van der Waals surface area contributed by atoms with Crippen molar-refractivity contribution < 1.29 is 4.79 Å². The van der Waals surface area contributed by atoms with Crippen LogP contribution in [0.25, 0.3) is 0 Å². The molecule has 0 aliphatic rings. The number of Topliss-reactive ketones (excluding diaryl/α,β-unsaturated/α-hetero) is 1. The van der Waals surface area contributed by atoms with E-state index in [1.54, 1.807) is 10.9 Å². The highest BCUT2D eigenvalue weighted by molar-refractivity contribution is 5.80. The summed E-state index contributed by atoms with van der Waals surface area (Å²) in [5.41, 5.74) is 8.04. The fourth-order valence-corrected chi connectivity index (χ4v) is 1.86. The third kappa shape index (κ3) is 3.25. The van der Waals surface area contributed by atoms with Crippen LogP contribution in [0.2, 0.25) is 0 Å². The highest BCUT2D eigenvalue weighted by atomic mass is 16.1. The highest BCUT2D eigenvalue weighted by Gasteiger charge is 2.11. The zero-order chi connectivity index (χ0) is 13.8. The van der Waals surface area contributed by atoms with Crippen LogP contribution in [0.1, 0.15) is 24.0 Å². The normalized spacial score (nSPS) is 10.9.